The van der Waals surface area contributed by atoms with Crippen LogP contribution in [0.5, 0.6) is 5.75 Å². The Balaban J connectivity index is 1.46. The van der Waals surface area contributed by atoms with E-state index in [9.17, 15) is 4.39 Å². The minimum atomic E-state index is -0.305. The number of nitrogens with one attached hydrogen (secondary N) is 2. The molecule has 1 fully saturated rings. The van der Waals surface area contributed by atoms with Crippen LogP contribution in [0, 0.1) is 19.7 Å². The predicted molar refractivity (Wildman–Crippen MR) is 117 cm³/mol. The zero-order valence-corrected chi connectivity index (χ0v) is 18.6. The monoisotopic (exact) mass is 416 g/mol. The zero-order valence-electron chi connectivity index (χ0n) is 18.6. The molecule has 0 spiro atoms. The van der Waals surface area contributed by atoms with E-state index in [0.717, 1.165) is 49.7 Å². The van der Waals surface area contributed by atoms with E-state index in [1.54, 1.807) is 19.2 Å². The average molecular weight is 417 g/mol. The molecule has 2 heterocycles. The largest absolute Gasteiger partial charge is 0.494 e. The van der Waals surface area contributed by atoms with Gasteiger partial charge in [-0.3, -0.25) is 14.6 Å². The highest BCUT2D eigenvalue weighted by atomic mass is 19.1. The maximum atomic E-state index is 13.9. The van der Waals surface area contributed by atoms with Crippen LogP contribution in [0.15, 0.2) is 23.2 Å². The topological polar surface area (TPSA) is 66.7 Å². The predicted octanol–water partition coefficient (Wildman–Crippen LogP) is 2.51. The van der Waals surface area contributed by atoms with Crippen LogP contribution in [-0.2, 0) is 20.1 Å². The summed E-state index contributed by atoms with van der Waals surface area (Å²) in [6.07, 6.45) is 2.04. The molecule has 30 heavy (non-hydrogen) atoms. The van der Waals surface area contributed by atoms with Crippen molar-refractivity contribution in [3.63, 3.8) is 0 Å². The van der Waals surface area contributed by atoms with Crippen LogP contribution in [0.3, 0.4) is 0 Å². The van der Waals surface area contributed by atoms with Gasteiger partial charge in [0, 0.05) is 57.6 Å². The van der Waals surface area contributed by atoms with Gasteiger partial charge in [0.1, 0.15) is 0 Å². The summed E-state index contributed by atoms with van der Waals surface area (Å²) in [6, 6.07) is 5.56. The Hall–Kier alpha value is -2.61. The van der Waals surface area contributed by atoms with Gasteiger partial charge in [0.05, 0.1) is 12.8 Å². The van der Waals surface area contributed by atoms with Crippen molar-refractivity contribution in [3.05, 3.63) is 46.5 Å². The van der Waals surface area contributed by atoms with Gasteiger partial charge < -0.3 is 15.4 Å². The van der Waals surface area contributed by atoms with Crippen LogP contribution in [0.1, 0.15) is 35.4 Å². The number of nitrogens with zero attached hydrogens (tertiary/aromatic N) is 4. The van der Waals surface area contributed by atoms with Gasteiger partial charge in [-0.2, -0.15) is 5.10 Å². The van der Waals surface area contributed by atoms with E-state index in [2.05, 4.69) is 32.5 Å². The fraction of sp³-hybridized carbons (Fsp3) is 0.545. The maximum absolute atomic E-state index is 13.9. The number of guanidine groups is 1. The molecule has 0 saturated carbocycles. The molecular weight excluding hydrogens is 383 g/mol. The number of aliphatic imine (C=N–C) groups is 1. The first-order chi connectivity index (χ1) is 14.4. The minimum absolute atomic E-state index is 0.289. The third-order valence-electron chi connectivity index (χ3n) is 5.87. The standard InChI is InChI=1S/C22H33FN6O/c1-15-19(16(2)28(4)27-15)13-25-22(24-3)26-18-8-10-29(11-9-18)14-17-6-7-21(30-5)20(23)12-17/h6-7,12,18H,8-11,13-14H2,1-5H3,(H2,24,25,26). The lowest BCUT2D eigenvalue weighted by Crippen LogP contribution is -2.48. The second-order valence-corrected chi connectivity index (χ2v) is 7.86. The highest BCUT2D eigenvalue weighted by Crippen LogP contribution is 2.20. The van der Waals surface area contributed by atoms with Crippen LogP contribution < -0.4 is 15.4 Å². The lowest BCUT2D eigenvalue weighted by Gasteiger charge is -2.33. The summed E-state index contributed by atoms with van der Waals surface area (Å²) < 4.78 is 20.8. The Kier molecular flexibility index (Phi) is 7.31. The number of aromatic nitrogens is 2. The average Bonchev–Trinajstić information content (AvgIpc) is 2.98. The van der Waals surface area contributed by atoms with Crippen LogP contribution in [0.25, 0.3) is 0 Å². The normalized spacial score (nSPS) is 16.0. The molecule has 0 aliphatic carbocycles. The van der Waals surface area contributed by atoms with E-state index in [0.29, 0.717) is 12.6 Å². The van der Waals surface area contributed by atoms with E-state index < -0.39 is 0 Å². The van der Waals surface area contributed by atoms with E-state index in [-0.39, 0.29) is 11.6 Å². The van der Waals surface area contributed by atoms with Crippen molar-refractivity contribution in [2.45, 2.75) is 45.8 Å². The van der Waals surface area contributed by atoms with Crippen molar-refractivity contribution in [1.82, 2.24) is 25.3 Å². The van der Waals surface area contributed by atoms with Gasteiger partial charge in [0.25, 0.3) is 0 Å². The summed E-state index contributed by atoms with van der Waals surface area (Å²) in [5.74, 6) is 0.797. The molecule has 1 aliphatic heterocycles. The Morgan fingerprint density at radius 1 is 1.30 bits per heavy atom. The van der Waals surface area contributed by atoms with Crippen LogP contribution in [0.2, 0.25) is 0 Å². The smallest absolute Gasteiger partial charge is 0.191 e. The van der Waals surface area contributed by atoms with Crippen molar-refractivity contribution in [2.24, 2.45) is 12.0 Å². The molecule has 0 radical (unpaired) electrons. The fourth-order valence-corrected chi connectivity index (χ4v) is 3.94. The van der Waals surface area contributed by atoms with E-state index in [1.165, 1.54) is 18.4 Å². The number of hydrogen-bond donors (Lipinski definition) is 2. The number of rotatable bonds is 6. The van der Waals surface area contributed by atoms with Crippen molar-refractivity contribution in [3.8, 4) is 5.75 Å². The SMILES string of the molecule is CN=C(NCc1c(C)nn(C)c1C)NC1CCN(Cc2ccc(OC)c(F)c2)CC1. The number of hydrogen-bond acceptors (Lipinski definition) is 4. The molecule has 1 aromatic carbocycles. The van der Waals surface area contributed by atoms with Crippen LogP contribution >= 0.6 is 0 Å². The Labute approximate surface area is 178 Å². The third-order valence-corrected chi connectivity index (χ3v) is 5.87. The van der Waals surface area contributed by atoms with Gasteiger partial charge >= 0.3 is 0 Å². The molecule has 1 aromatic heterocycles. The van der Waals surface area contributed by atoms with Gasteiger partial charge in [-0.05, 0) is 44.4 Å². The summed E-state index contributed by atoms with van der Waals surface area (Å²) in [5, 5.41) is 11.4. The number of piperidine rings is 1. The number of halogens is 1. The minimum Gasteiger partial charge on any atom is -0.494 e. The lowest BCUT2D eigenvalue weighted by atomic mass is 10.0. The van der Waals surface area contributed by atoms with Gasteiger partial charge in [-0.15, -0.1) is 0 Å². The molecule has 164 valence electrons. The molecule has 0 bridgehead atoms. The van der Waals surface area contributed by atoms with Crippen molar-refractivity contribution in [2.75, 3.05) is 27.2 Å². The van der Waals surface area contributed by atoms with Gasteiger partial charge in [0.2, 0.25) is 0 Å². The zero-order chi connectivity index (χ0) is 21.7. The number of benzene rings is 1. The van der Waals surface area contributed by atoms with Crippen molar-refractivity contribution < 1.29 is 9.13 Å². The molecule has 2 aromatic rings. The van der Waals surface area contributed by atoms with Gasteiger partial charge in [-0.25, -0.2) is 4.39 Å². The molecule has 1 aliphatic rings. The molecule has 1 saturated heterocycles. The quantitative estimate of drug-likeness (QED) is 0.560. The van der Waals surface area contributed by atoms with E-state index in [4.69, 9.17) is 4.74 Å². The Morgan fingerprint density at radius 2 is 2.03 bits per heavy atom. The summed E-state index contributed by atoms with van der Waals surface area (Å²) in [4.78, 5) is 6.74. The Morgan fingerprint density at radius 3 is 2.60 bits per heavy atom. The summed E-state index contributed by atoms with van der Waals surface area (Å²) in [7, 11) is 5.25. The van der Waals surface area contributed by atoms with Crippen molar-refractivity contribution >= 4 is 5.96 Å². The first-order valence-corrected chi connectivity index (χ1v) is 10.4. The molecule has 2 N–H and O–H groups in total. The molecule has 7 nitrogen and oxygen atoms in total. The molecule has 0 unspecified atom stereocenters. The first kappa shape index (κ1) is 22.1. The molecule has 3 rings (SSSR count). The Bertz CT molecular complexity index is 886. The summed E-state index contributed by atoms with van der Waals surface area (Å²) in [6.45, 7) is 7.49. The highest BCUT2D eigenvalue weighted by Gasteiger charge is 2.21. The van der Waals surface area contributed by atoms with Crippen molar-refractivity contribution in [1.29, 1.82) is 0 Å². The van der Waals surface area contributed by atoms with Crippen LogP contribution in [-0.4, -0.2) is 53.9 Å². The highest BCUT2D eigenvalue weighted by molar-refractivity contribution is 5.80. The summed E-state index contributed by atoms with van der Waals surface area (Å²) in [5.41, 5.74) is 4.39. The lowest BCUT2D eigenvalue weighted by molar-refractivity contribution is 0.198. The third kappa shape index (κ3) is 5.30. The molecule has 0 atom stereocenters. The molecular formula is C22H33FN6O. The molecule has 8 heteroatoms. The molecule has 0 amide bonds. The second-order valence-electron chi connectivity index (χ2n) is 7.86. The number of aryl methyl sites for hydroxylation is 2. The second kappa shape index (κ2) is 9.93. The summed E-state index contributed by atoms with van der Waals surface area (Å²) >= 11 is 0. The van der Waals surface area contributed by atoms with E-state index in [1.807, 2.05) is 24.7 Å². The maximum Gasteiger partial charge on any atom is 0.191 e. The first-order valence-electron chi connectivity index (χ1n) is 10.4. The number of likely N-dealkylation sites (tertiary alicyclic amines) is 1. The number of ether oxygens (including phenoxy) is 1. The number of methoxy groups -OCH3 is 1. The van der Waals surface area contributed by atoms with Gasteiger partial charge in [0.15, 0.2) is 17.5 Å². The van der Waals surface area contributed by atoms with E-state index >= 15 is 0 Å². The fourth-order valence-electron chi connectivity index (χ4n) is 3.94. The van der Waals surface area contributed by atoms with Gasteiger partial charge in [-0.1, -0.05) is 6.07 Å². The van der Waals surface area contributed by atoms with Crippen LogP contribution in [0.4, 0.5) is 4.39 Å².